The predicted octanol–water partition coefficient (Wildman–Crippen LogP) is 1.70. The van der Waals surface area contributed by atoms with E-state index in [1.54, 1.807) is 0 Å². The number of hydrogen-bond acceptors (Lipinski definition) is 3. The highest BCUT2D eigenvalue weighted by atomic mass is 35.5. The minimum absolute atomic E-state index is 0. The molecule has 0 radical (unpaired) electrons. The second kappa shape index (κ2) is 3.35. The maximum atomic E-state index is 5.28. The van der Waals surface area contributed by atoms with Gasteiger partial charge < -0.3 is 15.6 Å². The standard InChI is InChI=1S/C4H3ClO2.H3N/c5-4-3-6-1-2-7-4;/h1-3H;1H3. The topological polar surface area (TPSA) is 53.5 Å². The van der Waals surface area contributed by atoms with Crippen molar-refractivity contribution in [3.8, 4) is 0 Å². The Hall–Kier alpha value is -0.670. The van der Waals surface area contributed by atoms with E-state index in [2.05, 4.69) is 9.47 Å². The number of ether oxygens (including phenoxy) is 2. The van der Waals surface area contributed by atoms with Crippen LogP contribution >= 0.6 is 11.6 Å². The van der Waals surface area contributed by atoms with E-state index in [-0.39, 0.29) is 11.4 Å². The second-order valence-electron chi connectivity index (χ2n) is 0.948. The molecule has 4 heteroatoms. The molecule has 0 aliphatic carbocycles. The minimum Gasteiger partial charge on any atom is -0.465 e. The van der Waals surface area contributed by atoms with Crippen LogP contribution < -0.4 is 6.15 Å². The Morgan fingerprint density at radius 3 is 2.38 bits per heavy atom. The molecule has 0 spiro atoms. The molecule has 46 valence electrons. The zero-order chi connectivity index (χ0) is 5.11. The highest BCUT2D eigenvalue weighted by Gasteiger charge is 1.91. The summed E-state index contributed by atoms with van der Waals surface area (Å²) in [5.41, 5.74) is 0. The van der Waals surface area contributed by atoms with Crippen LogP contribution in [0.4, 0.5) is 0 Å². The van der Waals surface area contributed by atoms with Crippen LogP contribution in [0.5, 0.6) is 0 Å². The van der Waals surface area contributed by atoms with Crippen LogP contribution in [0.2, 0.25) is 0 Å². The molecule has 0 bridgehead atoms. The van der Waals surface area contributed by atoms with Gasteiger partial charge in [0.05, 0.1) is 0 Å². The summed E-state index contributed by atoms with van der Waals surface area (Å²) in [6.07, 6.45) is 4.07. The second-order valence-corrected chi connectivity index (χ2v) is 1.32. The Balaban J connectivity index is 0.000000490. The van der Waals surface area contributed by atoms with Crippen molar-refractivity contribution in [2.24, 2.45) is 0 Å². The third kappa shape index (κ3) is 1.86. The molecule has 1 aliphatic rings. The van der Waals surface area contributed by atoms with Gasteiger partial charge >= 0.3 is 0 Å². The van der Waals surface area contributed by atoms with Crippen molar-refractivity contribution >= 4 is 11.6 Å². The van der Waals surface area contributed by atoms with Crippen LogP contribution in [0.3, 0.4) is 0 Å². The zero-order valence-electron chi connectivity index (χ0n) is 4.13. The lowest BCUT2D eigenvalue weighted by atomic mass is 10.9. The van der Waals surface area contributed by atoms with Crippen LogP contribution in [-0.2, 0) is 9.47 Å². The Kier molecular flexibility index (Phi) is 3.07. The molecule has 1 aliphatic heterocycles. The lowest BCUT2D eigenvalue weighted by Gasteiger charge is -2.00. The maximum Gasteiger partial charge on any atom is 0.228 e. The Bertz CT molecular complexity index is 121. The van der Waals surface area contributed by atoms with E-state index in [9.17, 15) is 0 Å². The van der Waals surface area contributed by atoms with Crippen molar-refractivity contribution in [2.75, 3.05) is 0 Å². The van der Waals surface area contributed by atoms with E-state index in [0.717, 1.165) is 0 Å². The fourth-order valence-corrected chi connectivity index (χ4v) is 0.348. The smallest absolute Gasteiger partial charge is 0.228 e. The Morgan fingerprint density at radius 1 is 1.38 bits per heavy atom. The number of rotatable bonds is 0. The summed E-state index contributed by atoms with van der Waals surface area (Å²) in [6.45, 7) is 0. The normalized spacial score (nSPS) is 14.9. The van der Waals surface area contributed by atoms with E-state index in [4.69, 9.17) is 11.6 Å². The SMILES string of the molecule is ClC1=COC=CO1.N. The first-order valence-electron chi connectivity index (χ1n) is 1.72. The van der Waals surface area contributed by atoms with Crippen LogP contribution in [-0.4, -0.2) is 0 Å². The van der Waals surface area contributed by atoms with Gasteiger partial charge in [0.2, 0.25) is 5.22 Å². The largest absolute Gasteiger partial charge is 0.465 e. The molecule has 8 heavy (non-hydrogen) atoms. The van der Waals surface area contributed by atoms with Crippen LogP contribution in [0.15, 0.2) is 24.0 Å². The van der Waals surface area contributed by atoms with E-state index >= 15 is 0 Å². The average Bonchev–Trinajstić information content (AvgIpc) is 1.69. The number of halogens is 1. The van der Waals surface area contributed by atoms with Gasteiger partial charge in [0, 0.05) is 0 Å². The Morgan fingerprint density at radius 2 is 2.12 bits per heavy atom. The average molecular weight is 136 g/mol. The molecular formula is C4H6ClNO2. The fourth-order valence-electron chi connectivity index (χ4n) is 0.245. The molecule has 3 nitrogen and oxygen atoms in total. The molecule has 0 saturated carbocycles. The van der Waals surface area contributed by atoms with Gasteiger partial charge in [-0.1, -0.05) is 0 Å². The summed E-state index contributed by atoms with van der Waals surface area (Å²) in [5.74, 6) is 0. The van der Waals surface area contributed by atoms with Crippen molar-refractivity contribution in [3.05, 3.63) is 24.0 Å². The molecule has 0 atom stereocenters. The van der Waals surface area contributed by atoms with Crippen LogP contribution in [0, 0.1) is 0 Å². The third-order valence-electron chi connectivity index (χ3n) is 0.475. The lowest BCUT2D eigenvalue weighted by molar-refractivity contribution is 0.279. The number of hydrogen-bond donors (Lipinski definition) is 1. The van der Waals surface area contributed by atoms with Gasteiger partial charge in [-0.2, -0.15) is 0 Å². The fraction of sp³-hybridized carbons (Fsp3) is 0. The molecule has 0 saturated heterocycles. The first kappa shape index (κ1) is 7.33. The molecule has 0 aromatic heterocycles. The first-order valence-corrected chi connectivity index (χ1v) is 2.10. The summed E-state index contributed by atoms with van der Waals surface area (Å²) in [6, 6.07) is 0. The molecule has 0 aromatic carbocycles. The van der Waals surface area contributed by atoms with E-state index in [0.29, 0.717) is 0 Å². The highest BCUT2D eigenvalue weighted by molar-refractivity contribution is 6.28. The van der Waals surface area contributed by atoms with Crippen LogP contribution in [0.1, 0.15) is 0 Å². The van der Waals surface area contributed by atoms with Gasteiger partial charge in [0.25, 0.3) is 0 Å². The Labute approximate surface area is 52.1 Å². The zero-order valence-corrected chi connectivity index (χ0v) is 4.89. The van der Waals surface area contributed by atoms with Crippen molar-refractivity contribution in [2.45, 2.75) is 0 Å². The van der Waals surface area contributed by atoms with Crippen molar-refractivity contribution in [3.63, 3.8) is 0 Å². The molecule has 0 fully saturated rings. The summed E-state index contributed by atoms with van der Waals surface area (Å²) in [4.78, 5) is 0. The van der Waals surface area contributed by atoms with Gasteiger partial charge in [-0.3, -0.25) is 0 Å². The van der Waals surface area contributed by atoms with E-state index in [1.165, 1.54) is 18.8 Å². The summed E-state index contributed by atoms with van der Waals surface area (Å²) < 4.78 is 9.18. The molecule has 1 rings (SSSR count). The molecule has 0 unspecified atom stereocenters. The predicted molar refractivity (Wildman–Crippen MR) is 30.3 cm³/mol. The summed E-state index contributed by atoms with van der Waals surface area (Å²) in [5, 5.41) is 0.252. The first-order chi connectivity index (χ1) is 3.39. The summed E-state index contributed by atoms with van der Waals surface area (Å²) in [7, 11) is 0. The van der Waals surface area contributed by atoms with E-state index in [1.807, 2.05) is 0 Å². The van der Waals surface area contributed by atoms with Crippen molar-refractivity contribution in [1.29, 1.82) is 0 Å². The van der Waals surface area contributed by atoms with Gasteiger partial charge in [0.1, 0.15) is 18.8 Å². The van der Waals surface area contributed by atoms with Crippen LogP contribution in [0.25, 0.3) is 0 Å². The summed E-state index contributed by atoms with van der Waals surface area (Å²) >= 11 is 5.28. The quantitative estimate of drug-likeness (QED) is 0.550. The maximum absolute atomic E-state index is 5.28. The molecule has 0 amide bonds. The van der Waals surface area contributed by atoms with Gasteiger partial charge in [-0.05, 0) is 11.6 Å². The van der Waals surface area contributed by atoms with E-state index < -0.39 is 0 Å². The molecule has 0 aromatic rings. The third-order valence-corrected chi connectivity index (χ3v) is 0.654. The monoisotopic (exact) mass is 135 g/mol. The lowest BCUT2D eigenvalue weighted by Crippen LogP contribution is -1.82. The van der Waals surface area contributed by atoms with Gasteiger partial charge in [-0.15, -0.1) is 0 Å². The van der Waals surface area contributed by atoms with Crippen molar-refractivity contribution in [1.82, 2.24) is 6.15 Å². The van der Waals surface area contributed by atoms with Gasteiger partial charge in [0.15, 0.2) is 0 Å². The van der Waals surface area contributed by atoms with Gasteiger partial charge in [-0.25, -0.2) is 0 Å². The molecule has 1 heterocycles. The van der Waals surface area contributed by atoms with Crippen molar-refractivity contribution < 1.29 is 9.47 Å². The molecule has 3 N–H and O–H groups in total. The minimum atomic E-state index is 0. The highest BCUT2D eigenvalue weighted by Crippen LogP contribution is 2.07. The molecular weight excluding hydrogens is 130 g/mol.